The van der Waals surface area contributed by atoms with Crippen molar-refractivity contribution in [3.8, 4) is 0 Å². The molecule has 84 valence electrons. The number of halogens is 2. The summed E-state index contributed by atoms with van der Waals surface area (Å²) in [5.74, 6) is -0.825. The Labute approximate surface area is 100 Å². The second kappa shape index (κ2) is 4.69. The third-order valence-electron chi connectivity index (χ3n) is 2.32. The van der Waals surface area contributed by atoms with E-state index in [0.29, 0.717) is 0 Å². The van der Waals surface area contributed by atoms with Gasteiger partial charge in [0.1, 0.15) is 0 Å². The first kappa shape index (κ1) is 11.2. The number of rotatable bonds is 2. The molecule has 16 heavy (non-hydrogen) atoms. The number of allylic oxidation sites excluding steroid dienone is 2. The lowest BCUT2D eigenvalue weighted by atomic mass is 10.1. The molecule has 0 unspecified atom stereocenters. The smallest absolute Gasteiger partial charge is 0.247 e. The fourth-order valence-electron chi connectivity index (χ4n) is 1.47. The molecule has 1 aromatic rings. The predicted octanol–water partition coefficient (Wildman–Crippen LogP) is 2.28. The van der Waals surface area contributed by atoms with Crippen LogP contribution < -0.4 is 5.32 Å². The summed E-state index contributed by atoms with van der Waals surface area (Å²) in [5.41, 5.74) is 0. The van der Waals surface area contributed by atoms with Gasteiger partial charge in [0, 0.05) is 5.92 Å². The third kappa shape index (κ3) is 2.44. The maximum absolute atomic E-state index is 13.0. The highest BCUT2D eigenvalue weighted by atomic mass is 79.9. The minimum atomic E-state index is -0.734. The second-order valence-electron chi connectivity index (χ2n) is 3.47. The number of aromatic nitrogens is 2. The third-order valence-corrected chi connectivity index (χ3v) is 2.85. The van der Waals surface area contributed by atoms with Crippen LogP contribution in [0.5, 0.6) is 0 Å². The highest BCUT2D eigenvalue weighted by molar-refractivity contribution is 9.10. The molecule has 0 spiro atoms. The van der Waals surface area contributed by atoms with E-state index in [1.165, 1.54) is 6.20 Å². The first-order valence-corrected chi connectivity index (χ1v) is 5.60. The number of anilines is 1. The summed E-state index contributed by atoms with van der Waals surface area (Å²) in [5, 5.41) is 2.54. The molecule has 1 amide bonds. The van der Waals surface area contributed by atoms with E-state index in [1.54, 1.807) is 0 Å². The molecule has 0 saturated carbocycles. The summed E-state index contributed by atoms with van der Waals surface area (Å²) in [6.07, 6.45) is 6.67. The molecule has 1 heterocycles. The summed E-state index contributed by atoms with van der Waals surface area (Å²) in [4.78, 5) is 18.9. The quantitative estimate of drug-likeness (QED) is 0.849. The normalized spacial score (nSPS) is 15.4. The lowest BCUT2D eigenvalue weighted by Crippen LogP contribution is -2.21. The molecule has 0 bridgehead atoms. The zero-order valence-corrected chi connectivity index (χ0v) is 9.87. The van der Waals surface area contributed by atoms with Gasteiger partial charge in [-0.3, -0.25) is 4.79 Å². The Morgan fingerprint density at radius 2 is 2.19 bits per heavy atom. The fraction of sp³-hybridized carbons (Fsp3) is 0.300. The molecular formula is C10H9BrFN3O. The Balaban J connectivity index is 2.03. The molecule has 0 aliphatic heterocycles. The van der Waals surface area contributed by atoms with E-state index < -0.39 is 5.95 Å². The number of amides is 1. The minimum Gasteiger partial charge on any atom is -0.309 e. The average molecular weight is 286 g/mol. The fourth-order valence-corrected chi connectivity index (χ4v) is 1.66. The van der Waals surface area contributed by atoms with Gasteiger partial charge in [0.2, 0.25) is 11.9 Å². The Hall–Kier alpha value is -1.30. The van der Waals surface area contributed by atoms with Crippen molar-refractivity contribution >= 4 is 27.7 Å². The molecule has 0 atom stereocenters. The van der Waals surface area contributed by atoms with Gasteiger partial charge in [-0.25, -0.2) is 4.98 Å². The van der Waals surface area contributed by atoms with E-state index in [4.69, 9.17) is 0 Å². The molecule has 6 heteroatoms. The first-order chi connectivity index (χ1) is 7.66. The molecule has 0 aromatic carbocycles. The molecule has 4 nitrogen and oxygen atoms in total. The van der Waals surface area contributed by atoms with E-state index in [0.717, 1.165) is 12.8 Å². The van der Waals surface area contributed by atoms with Crippen molar-refractivity contribution in [2.75, 3.05) is 5.32 Å². The van der Waals surface area contributed by atoms with Crippen LogP contribution >= 0.6 is 15.9 Å². The van der Waals surface area contributed by atoms with E-state index in [1.807, 2.05) is 12.2 Å². The van der Waals surface area contributed by atoms with Crippen LogP contribution in [0.15, 0.2) is 23.0 Å². The zero-order valence-electron chi connectivity index (χ0n) is 8.28. The summed E-state index contributed by atoms with van der Waals surface area (Å²) >= 11 is 2.89. The highest BCUT2D eigenvalue weighted by Crippen LogP contribution is 2.19. The number of nitrogens with zero attached hydrogens (tertiary/aromatic N) is 2. The number of carbonyl (C=O) groups is 1. The molecule has 1 N–H and O–H groups in total. The Kier molecular flexibility index (Phi) is 3.28. The molecule has 0 fully saturated rings. The van der Waals surface area contributed by atoms with Crippen molar-refractivity contribution in [1.29, 1.82) is 0 Å². The molecule has 1 aromatic heterocycles. The Bertz CT molecular complexity index is 442. The zero-order chi connectivity index (χ0) is 11.5. The van der Waals surface area contributed by atoms with Crippen molar-refractivity contribution < 1.29 is 9.18 Å². The maximum Gasteiger partial charge on any atom is 0.247 e. The molecule has 1 aliphatic rings. The topological polar surface area (TPSA) is 54.9 Å². The summed E-state index contributed by atoms with van der Waals surface area (Å²) < 4.78 is 13.1. The molecule has 0 saturated heterocycles. The molecule has 2 rings (SSSR count). The van der Waals surface area contributed by atoms with Crippen molar-refractivity contribution in [3.05, 3.63) is 28.9 Å². The van der Waals surface area contributed by atoms with Gasteiger partial charge in [-0.2, -0.15) is 9.37 Å². The van der Waals surface area contributed by atoms with Gasteiger partial charge in [-0.15, -0.1) is 0 Å². The number of nitrogens with one attached hydrogen (secondary N) is 1. The van der Waals surface area contributed by atoms with Crippen LogP contribution in [0, 0.1) is 11.9 Å². The van der Waals surface area contributed by atoms with Gasteiger partial charge < -0.3 is 5.32 Å². The molecular weight excluding hydrogens is 277 g/mol. The van der Waals surface area contributed by atoms with Crippen LogP contribution in [-0.4, -0.2) is 15.9 Å². The average Bonchev–Trinajstić information content (AvgIpc) is 2.77. The van der Waals surface area contributed by atoms with Crippen molar-refractivity contribution in [3.63, 3.8) is 0 Å². The predicted molar refractivity (Wildman–Crippen MR) is 60.2 cm³/mol. The van der Waals surface area contributed by atoms with Gasteiger partial charge >= 0.3 is 0 Å². The standard InChI is InChI=1S/C10H9BrFN3O/c11-8-9(12)14-7(5-13-8)15-10(16)6-3-1-2-4-6/h1-2,5-6H,3-4H2,(H,14,15,16). The number of carbonyl (C=O) groups excluding carboxylic acids is 1. The molecule has 1 aliphatic carbocycles. The van der Waals surface area contributed by atoms with Crippen LogP contribution in [0.3, 0.4) is 0 Å². The second-order valence-corrected chi connectivity index (χ2v) is 4.22. The number of hydrogen-bond donors (Lipinski definition) is 1. The van der Waals surface area contributed by atoms with E-state index in [2.05, 4.69) is 31.2 Å². The van der Waals surface area contributed by atoms with Crippen LogP contribution in [-0.2, 0) is 4.79 Å². The van der Waals surface area contributed by atoms with Gasteiger partial charge in [-0.1, -0.05) is 12.2 Å². The van der Waals surface area contributed by atoms with Crippen LogP contribution in [0.1, 0.15) is 12.8 Å². The summed E-state index contributed by atoms with van der Waals surface area (Å²) in [7, 11) is 0. The van der Waals surface area contributed by atoms with E-state index in [9.17, 15) is 9.18 Å². The van der Waals surface area contributed by atoms with Crippen LogP contribution in [0.4, 0.5) is 10.2 Å². The lowest BCUT2D eigenvalue weighted by Gasteiger charge is -2.09. The summed E-state index contributed by atoms with van der Waals surface area (Å²) in [6.45, 7) is 0. The minimum absolute atomic E-state index is 0.0352. The Morgan fingerprint density at radius 1 is 1.50 bits per heavy atom. The SMILES string of the molecule is O=C(Nc1cnc(Br)c(F)n1)C1CC=CC1. The van der Waals surface area contributed by atoms with Crippen molar-refractivity contribution in [1.82, 2.24) is 9.97 Å². The summed E-state index contributed by atoms with van der Waals surface area (Å²) in [6, 6.07) is 0. The van der Waals surface area contributed by atoms with Gasteiger partial charge in [-0.05, 0) is 28.8 Å². The lowest BCUT2D eigenvalue weighted by molar-refractivity contribution is -0.119. The van der Waals surface area contributed by atoms with Crippen molar-refractivity contribution in [2.45, 2.75) is 12.8 Å². The number of hydrogen-bond acceptors (Lipinski definition) is 3. The van der Waals surface area contributed by atoms with Crippen LogP contribution in [0.2, 0.25) is 0 Å². The van der Waals surface area contributed by atoms with Crippen LogP contribution in [0.25, 0.3) is 0 Å². The largest absolute Gasteiger partial charge is 0.309 e. The van der Waals surface area contributed by atoms with Gasteiger partial charge in [0.15, 0.2) is 10.4 Å². The maximum atomic E-state index is 13.0. The van der Waals surface area contributed by atoms with Gasteiger partial charge in [0.05, 0.1) is 6.20 Å². The van der Waals surface area contributed by atoms with E-state index in [-0.39, 0.29) is 22.2 Å². The Morgan fingerprint density at radius 3 is 2.81 bits per heavy atom. The molecule has 0 radical (unpaired) electrons. The van der Waals surface area contributed by atoms with Gasteiger partial charge in [0.25, 0.3) is 0 Å². The van der Waals surface area contributed by atoms with Crippen molar-refractivity contribution in [2.24, 2.45) is 5.92 Å². The monoisotopic (exact) mass is 285 g/mol. The first-order valence-electron chi connectivity index (χ1n) is 4.80. The highest BCUT2D eigenvalue weighted by Gasteiger charge is 2.19. The van der Waals surface area contributed by atoms with E-state index >= 15 is 0 Å².